The van der Waals surface area contributed by atoms with Crippen LogP contribution in [0.5, 0.6) is 0 Å². The van der Waals surface area contributed by atoms with Gasteiger partial charge in [-0.2, -0.15) is 0 Å². The first kappa shape index (κ1) is 15.4. The summed E-state index contributed by atoms with van der Waals surface area (Å²) in [5.41, 5.74) is 2.64. The Bertz CT molecular complexity index is 857. The molecular formula is C17H15N5O2. The van der Waals surface area contributed by atoms with Crippen LogP contribution in [0.2, 0.25) is 0 Å². The summed E-state index contributed by atoms with van der Waals surface area (Å²) in [5, 5.41) is 13.0. The molecule has 1 aromatic heterocycles. The quantitative estimate of drug-likeness (QED) is 0.772. The van der Waals surface area contributed by atoms with Crippen LogP contribution < -0.4 is 10.6 Å². The lowest BCUT2D eigenvalue weighted by atomic mass is 10.1. The lowest BCUT2D eigenvalue weighted by Crippen LogP contribution is -2.12. The fourth-order valence-electron chi connectivity index (χ4n) is 2.19. The van der Waals surface area contributed by atoms with Crippen LogP contribution in [0.3, 0.4) is 0 Å². The lowest BCUT2D eigenvalue weighted by Gasteiger charge is -2.08. The van der Waals surface area contributed by atoms with Crippen LogP contribution in [0, 0.1) is 0 Å². The summed E-state index contributed by atoms with van der Waals surface area (Å²) in [6.45, 7) is 1.44. The van der Waals surface area contributed by atoms with Gasteiger partial charge in [-0.05, 0) is 42.5 Å². The van der Waals surface area contributed by atoms with E-state index >= 15 is 0 Å². The highest BCUT2D eigenvalue weighted by molar-refractivity contribution is 6.04. The highest BCUT2D eigenvalue weighted by Gasteiger charge is 2.08. The maximum atomic E-state index is 12.4. The third-order valence-corrected chi connectivity index (χ3v) is 3.29. The first-order valence-electron chi connectivity index (χ1n) is 7.26. The monoisotopic (exact) mass is 321 g/mol. The predicted octanol–water partition coefficient (Wildman–Crippen LogP) is 2.48. The van der Waals surface area contributed by atoms with E-state index in [4.69, 9.17) is 0 Å². The molecule has 120 valence electrons. The first-order valence-corrected chi connectivity index (χ1v) is 7.26. The Morgan fingerprint density at radius 2 is 1.54 bits per heavy atom. The molecule has 0 saturated carbocycles. The van der Waals surface area contributed by atoms with Crippen molar-refractivity contribution in [1.82, 2.24) is 14.8 Å². The molecule has 7 nitrogen and oxygen atoms in total. The molecule has 0 saturated heterocycles. The number of aromatic nitrogens is 3. The predicted molar refractivity (Wildman–Crippen MR) is 90.1 cm³/mol. The third-order valence-electron chi connectivity index (χ3n) is 3.29. The molecule has 0 aliphatic heterocycles. The Balaban J connectivity index is 1.73. The Hall–Kier alpha value is -3.48. The van der Waals surface area contributed by atoms with Gasteiger partial charge in [0, 0.05) is 29.5 Å². The van der Waals surface area contributed by atoms with Gasteiger partial charge < -0.3 is 10.6 Å². The van der Waals surface area contributed by atoms with E-state index in [-0.39, 0.29) is 11.8 Å². The summed E-state index contributed by atoms with van der Waals surface area (Å²) >= 11 is 0. The van der Waals surface area contributed by atoms with Crippen LogP contribution in [-0.4, -0.2) is 26.6 Å². The number of anilines is 2. The van der Waals surface area contributed by atoms with E-state index in [1.807, 2.05) is 6.07 Å². The summed E-state index contributed by atoms with van der Waals surface area (Å²) in [6, 6.07) is 14.1. The number of nitrogens with one attached hydrogen (secondary N) is 2. The van der Waals surface area contributed by atoms with Crippen molar-refractivity contribution >= 4 is 23.2 Å². The van der Waals surface area contributed by atoms with E-state index in [2.05, 4.69) is 20.8 Å². The molecule has 3 aromatic rings. The van der Waals surface area contributed by atoms with Crippen molar-refractivity contribution in [2.45, 2.75) is 6.92 Å². The SMILES string of the molecule is CC(=O)Nc1ccc(NC(=O)c2cccc(-n3cnnc3)c2)cc1. The molecule has 0 radical (unpaired) electrons. The standard InChI is InChI=1S/C17H15N5O2/c1-12(23)20-14-5-7-15(8-6-14)21-17(24)13-3-2-4-16(9-13)22-10-18-19-11-22/h2-11H,1H3,(H,20,23)(H,21,24). The number of carbonyl (C=O) groups excluding carboxylic acids is 2. The van der Waals surface area contributed by atoms with Gasteiger partial charge in [0.25, 0.3) is 5.91 Å². The second kappa shape index (κ2) is 6.74. The normalized spacial score (nSPS) is 10.2. The number of rotatable bonds is 4. The van der Waals surface area contributed by atoms with Gasteiger partial charge in [0.15, 0.2) is 0 Å². The van der Waals surface area contributed by atoms with Crippen molar-refractivity contribution in [2.24, 2.45) is 0 Å². The second-order valence-electron chi connectivity index (χ2n) is 5.13. The average molecular weight is 321 g/mol. The Kier molecular flexibility index (Phi) is 4.33. The van der Waals surface area contributed by atoms with E-state index < -0.39 is 0 Å². The smallest absolute Gasteiger partial charge is 0.255 e. The number of hydrogen-bond donors (Lipinski definition) is 2. The van der Waals surface area contributed by atoms with Crippen molar-refractivity contribution in [3.63, 3.8) is 0 Å². The molecule has 0 fully saturated rings. The van der Waals surface area contributed by atoms with Crippen LogP contribution in [0.15, 0.2) is 61.2 Å². The minimum atomic E-state index is -0.225. The largest absolute Gasteiger partial charge is 0.326 e. The van der Waals surface area contributed by atoms with Crippen molar-refractivity contribution < 1.29 is 9.59 Å². The van der Waals surface area contributed by atoms with E-state index in [1.165, 1.54) is 6.92 Å². The molecule has 0 aliphatic carbocycles. The minimum Gasteiger partial charge on any atom is -0.326 e. The fraction of sp³-hybridized carbons (Fsp3) is 0.0588. The molecule has 2 amide bonds. The summed E-state index contributed by atoms with van der Waals surface area (Å²) < 4.78 is 1.72. The van der Waals surface area contributed by atoms with Crippen LogP contribution in [-0.2, 0) is 4.79 Å². The summed E-state index contributed by atoms with van der Waals surface area (Å²) in [5.74, 6) is -0.366. The van der Waals surface area contributed by atoms with Crippen LogP contribution in [0.1, 0.15) is 17.3 Å². The zero-order valence-corrected chi connectivity index (χ0v) is 12.9. The van der Waals surface area contributed by atoms with Gasteiger partial charge >= 0.3 is 0 Å². The molecule has 0 spiro atoms. The minimum absolute atomic E-state index is 0.141. The highest BCUT2D eigenvalue weighted by Crippen LogP contribution is 2.16. The summed E-state index contributed by atoms with van der Waals surface area (Å²) in [7, 11) is 0. The number of hydrogen-bond acceptors (Lipinski definition) is 4. The number of nitrogens with zero attached hydrogens (tertiary/aromatic N) is 3. The Morgan fingerprint density at radius 3 is 2.17 bits per heavy atom. The Labute approximate surface area is 138 Å². The maximum absolute atomic E-state index is 12.4. The molecule has 2 N–H and O–H groups in total. The van der Waals surface area contributed by atoms with E-state index in [9.17, 15) is 9.59 Å². The van der Waals surface area contributed by atoms with Crippen LogP contribution >= 0.6 is 0 Å². The van der Waals surface area contributed by atoms with E-state index in [0.717, 1.165) is 5.69 Å². The summed E-state index contributed by atoms with van der Waals surface area (Å²) in [4.78, 5) is 23.4. The molecule has 24 heavy (non-hydrogen) atoms. The number of carbonyl (C=O) groups is 2. The van der Waals surface area contributed by atoms with E-state index in [0.29, 0.717) is 16.9 Å². The lowest BCUT2D eigenvalue weighted by molar-refractivity contribution is -0.114. The molecular weight excluding hydrogens is 306 g/mol. The highest BCUT2D eigenvalue weighted by atomic mass is 16.2. The van der Waals surface area contributed by atoms with Crippen LogP contribution in [0.4, 0.5) is 11.4 Å². The molecule has 0 atom stereocenters. The molecule has 7 heteroatoms. The van der Waals surface area contributed by atoms with E-state index in [1.54, 1.807) is 59.7 Å². The van der Waals surface area contributed by atoms with Crippen molar-refractivity contribution in [3.8, 4) is 5.69 Å². The van der Waals surface area contributed by atoms with Crippen molar-refractivity contribution in [1.29, 1.82) is 0 Å². The van der Waals surface area contributed by atoms with Gasteiger partial charge in [0.1, 0.15) is 12.7 Å². The van der Waals surface area contributed by atoms with Gasteiger partial charge in [0.2, 0.25) is 5.91 Å². The van der Waals surface area contributed by atoms with Gasteiger partial charge in [-0.25, -0.2) is 0 Å². The van der Waals surface area contributed by atoms with Crippen molar-refractivity contribution in [3.05, 3.63) is 66.7 Å². The second-order valence-corrected chi connectivity index (χ2v) is 5.13. The topological polar surface area (TPSA) is 88.9 Å². The van der Waals surface area contributed by atoms with Crippen molar-refractivity contribution in [2.75, 3.05) is 10.6 Å². The van der Waals surface area contributed by atoms with Gasteiger partial charge in [-0.15, -0.1) is 10.2 Å². The molecule has 3 rings (SSSR count). The maximum Gasteiger partial charge on any atom is 0.255 e. The molecule has 1 heterocycles. The van der Waals surface area contributed by atoms with Gasteiger partial charge in [0.05, 0.1) is 0 Å². The molecule has 0 bridgehead atoms. The first-order chi connectivity index (χ1) is 11.6. The van der Waals surface area contributed by atoms with Crippen LogP contribution in [0.25, 0.3) is 5.69 Å². The Morgan fingerprint density at radius 1 is 0.917 bits per heavy atom. The van der Waals surface area contributed by atoms with Gasteiger partial charge in [-0.1, -0.05) is 6.07 Å². The third kappa shape index (κ3) is 3.64. The number of amides is 2. The average Bonchev–Trinajstić information content (AvgIpc) is 3.11. The number of benzene rings is 2. The fourth-order valence-corrected chi connectivity index (χ4v) is 2.19. The molecule has 0 aliphatic rings. The zero-order valence-electron chi connectivity index (χ0n) is 12.9. The molecule has 0 unspecified atom stereocenters. The molecule has 2 aromatic carbocycles. The van der Waals surface area contributed by atoms with Gasteiger partial charge in [-0.3, -0.25) is 14.2 Å². The summed E-state index contributed by atoms with van der Waals surface area (Å²) in [6.07, 6.45) is 3.13. The zero-order chi connectivity index (χ0) is 16.9.